The molecule has 1 aromatic carbocycles. The number of nitriles is 1. The standard InChI is InChI=1S/C30H30ClN7O3/c1-2-27(39)38-13-12-37(18-21(38)8-10-32)29-23-9-11-36(26-17-33-16-20-4-3-5-24(31)28(20)26)19-25(23)34-30(35-29)41-15-14-40-22-6-7-22/h2-5,16-18,22H,1,6-9,11-15,19H2. The molecule has 1 saturated carbocycles. The molecule has 2 aliphatic heterocycles. The second-order valence-corrected chi connectivity index (χ2v) is 10.6. The summed E-state index contributed by atoms with van der Waals surface area (Å²) >= 11 is 6.63. The highest BCUT2D eigenvalue weighted by molar-refractivity contribution is 6.36. The minimum Gasteiger partial charge on any atom is -0.461 e. The molecule has 11 heteroatoms. The van der Waals surface area contributed by atoms with Crippen molar-refractivity contribution in [2.75, 3.05) is 42.6 Å². The third kappa shape index (κ3) is 5.69. The lowest BCUT2D eigenvalue weighted by atomic mass is 10.0. The van der Waals surface area contributed by atoms with Crippen molar-refractivity contribution >= 4 is 39.8 Å². The summed E-state index contributed by atoms with van der Waals surface area (Å²) in [6.45, 7) is 6.58. The molecule has 41 heavy (non-hydrogen) atoms. The molecule has 1 amide bonds. The number of hydrogen-bond donors (Lipinski definition) is 0. The molecule has 10 nitrogen and oxygen atoms in total. The maximum Gasteiger partial charge on any atom is 0.318 e. The van der Waals surface area contributed by atoms with Gasteiger partial charge in [0.05, 0.1) is 60.0 Å². The maximum atomic E-state index is 12.4. The number of aromatic nitrogens is 3. The first-order chi connectivity index (χ1) is 20.1. The predicted molar refractivity (Wildman–Crippen MR) is 156 cm³/mol. The molecule has 3 aliphatic rings. The molecule has 0 radical (unpaired) electrons. The van der Waals surface area contributed by atoms with Crippen LogP contribution in [0.25, 0.3) is 10.8 Å². The zero-order valence-electron chi connectivity index (χ0n) is 22.6. The van der Waals surface area contributed by atoms with E-state index in [0.29, 0.717) is 62.6 Å². The molecule has 2 aromatic heterocycles. The van der Waals surface area contributed by atoms with E-state index in [0.717, 1.165) is 46.4 Å². The van der Waals surface area contributed by atoms with Gasteiger partial charge in [0.2, 0.25) is 5.91 Å². The number of ether oxygens (including phenoxy) is 2. The Morgan fingerprint density at radius 2 is 2.07 bits per heavy atom. The van der Waals surface area contributed by atoms with Crippen LogP contribution in [0.4, 0.5) is 11.5 Å². The van der Waals surface area contributed by atoms with Crippen LogP contribution in [-0.2, 0) is 22.5 Å². The molecule has 210 valence electrons. The molecule has 0 bridgehead atoms. The van der Waals surface area contributed by atoms with Crippen molar-refractivity contribution in [1.29, 1.82) is 5.26 Å². The molecule has 0 spiro atoms. The molecular formula is C30H30ClN7O3. The molecule has 0 atom stereocenters. The number of allylic oxidation sites excluding steroid dienone is 1. The number of carbonyl (C=O) groups excluding carboxylic acids is 1. The first-order valence-electron chi connectivity index (χ1n) is 13.7. The first-order valence-corrected chi connectivity index (χ1v) is 14.1. The largest absolute Gasteiger partial charge is 0.461 e. The van der Waals surface area contributed by atoms with Crippen LogP contribution in [0.5, 0.6) is 6.01 Å². The molecule has 0 saturated heterocycles. The molecular weight excluding hydrogens is 542 g/mol. The Hall–Kier alpha value is -4.20. The van der Waals surface area contributed by atoms with Crippen LogP contribution in [0.2, 0.25) is 5.02 Å². The van der Waals surface area contributed by atoms with Gasteiger partial charge in [-0.1, -0.05) is 30.3 Å². The van der Waals surface area contributed by atoms with Crippen LogP contribution in [0.1, 0.15) is 30.5 Å². The summed E-state index contributed by atoms with van der Waals surface area (Å²) in [5, 5.41) is 12.0. The van der Waals surface area contributed by atoms with E-state index < -0.39 is 0 Å². The van der Waals surface area contributed by atoms with Crippen molar-refractivity contribution in [3.63, 3.8) is 0 Å². The Labute approximate surface area is 243 Å². The second-order valence-electron chi connectivity index (χ2n) is 10.2. The predicted octanol–water partition coefficient (Wildman–Crippen LogP) is 4.39. The molecule has 1 aliphatic carbocycles. The summed E-state index contributed by atoms with van der Waals surface area (Å²) in [4.78, 5) is 32.4. The van der Waals surface area contributed by atoms with Crippen LogP contribution in [0.15, 0.2) is 55.1 Å². The summed E-state index contributed by atoms with van der Waals surface area (Å²) in [6.07, 6.45) is 10.1. The zero-order valence-corrected chi connectivity index (χ0v) is 23.4. The van der Waals surface area contributed by atoms with E-state index in [2.05, 4.69) is 22.5 Å². The van der Waals surface area contributed by atoms with Gasteiger partial charge < -0.3 is 24.2 Å². The van der Waals surface area contributed by atoms with Gasteiger partial charge >= 0.3 is 6.01 Å². The van der Waals surface area contributed by atoms with Crippen LogP contribution in [-0.4, -0.2) is 64.7 Å². The fraction of sp³-hybridized carbons (Fsp3) is 0.367. The van der Waals surface area contributed by atoms with Gasteiger partial charge in [0.25, 0.3) is 0 Å². The Morgan fingerprint density at radius 1 is 1.20 bits per heavy atom. The Kier molecular flexibility index (Phi) is 7.72. The highest BCUT2D eigenvalue weighted by atomic mass is 35.5. The lowest BCUT2D eigenvalue weighted by Gasteiger charge is -2.36. The fourth-order valence-corrected chi connectivity index (χ4v) is 5.59. The molecule has 0 N–H and O–H groups in total. The van der Waals surface area contributed by atoms with E-state index in [-0.39, 0.29) is 18.3 Å². The number of halogens is 1. The van der Waals surface area contributed by atoms with Crippen molar-refractivity contribution in [1.82, 2.24) is 19.9 Å². The van der Waals surface area contributed by atoms with Crippen molar-refractivity contribution in [2.45, 2.75) is 38.3 Å². The van der Waals surface area contributed by atoms with E-state index in [1.807, 2.05) is 41.7 Å². The van der Waals surface area contributed by atoms with Crippen LogP contribution in [0.3, 0.4) is 0 Å². The van der Waals surface area contributed by atoms with Gasteiger partial charge in [-0.05, 0) is 31.4 Å². The SMILES string of the molecule is C=CC(=O)N1CCN(c2nc(OCCOC3CC3)nc3c2CCN(c2cncc4cccc(Cl)c24)C3)C=C1CC#N. The average molecular weight is 572 g/mol. The quantitative estimate of drug-likeness (QED) is 0.273. The highest BCUT2D eigenvalue weighted by Crippen LogP contribution is 2.37. The first kappa shape index (κ1) is 27.0. The Balaban J connectivity index is 1.35. The summed E-state index contributed by atoms with van der Waals surface area (Å²) < 4.78 is 11.7. The summed E-state index contributed by atoms with van der Waals surface area (Å²) in [5.41, 5.74) is 3.42. The molecule has 6 rings (SSSR count). The number of rotatable bonds is 9. The third-order valence-corrected chi connectivity index (χ3v) is 7.77. The van der Waals surface area contributed by atoms with Gasteiger partial charge in [0.1, 0.15) is 12.4 Å². The van der Waals surface area contributed by atoms with E-state index >= 15 is 0 Å². The van der Waals surface area contributed by atoms with Crippen LogP contribution in [0, 0.1) is 11.3 Å². The van der Waals surface area contributed by atoms with Gasteiger partial charge in [0, 0.05) is 48.4 Å². The maximum absolute atomic E-state index is 12.4. The molecule has 0 unspecified atom stereocenters. The number of hydrogen-bond acceptors (Lipinski definition) is 9. The van der Waals surface area contributed by atoms with Crippen molar-refractivity contribution in [2.24, 2.45) is 0 Å². The van der Waals surface area contributed by atoms with Gasteiger partial charge in [-0.2, -0.15) is 15.2 Å². The minimum absolute atomic E-state index is 0.0911. The van der Waals surface area contributed by atoms with Crippen molar-refractivity contribution < 1.29 is 14.3 Å². The van der Waals surface area contributed by atoms with Gasteiger partial charge in [-0.25, -0.2) is 0 Å². The Bertz CT molecular complexity index is 1560. The summed E-state index contributed by atoms with van der Waals surface area (Å²) in [5.74, 6) is 0.497. The summed E-state index contributed by atoms with van der Waals surface area (Å²) in [7, 11) is 0. The van der Waals surface area contributed by atoms with E-state index in [1.54, 1.807) is 4.90 Å². The number of carbonyl (C=O) groups is 1. The normalized spacial score (nSPS) is 16.7. The van der Waals surface area contributed by atoms with Crippen molar-refractivity contribution in [3.8, 4) is 12.1 Å². The third-order valence-electron chi connectivity index (χ3n) is 7.46. The highest BCUT2D eigenvalue weighted by Gasteiger charge is 2.30. The number of fused-ring (bicyclic) bond motifs is 2. The Morgan fingerprint density at radius 3 is 2.88 bits per heavy atom. The topological polar surface area (TPSA) is 108 Å². The second kappa shape index (κ2) is 11.7. The lowest BCUT2D eigenvalue weighted by Crippen LogP contribution is -2.42. The zero-order chi connectivity index (χ0) is 28.3. The van der Waals surface area contributed by atoms with Crippen LogP contribution >= 0.6 is 11.6 Å². The van der Waals surface area contributed by atoms with E-state index in [1.165, 1.54) is 6.08 Å². The molecule has 4 heterocycles. The van der Waals surface area contributed by atoms with Crippen molar-refractivity contribution in [3.05, 3.63) is 71.4 Å². The van der Waals surface area contributed by atoms with E-state index in [9.17, 15) is 10.1 Å². The number of amides is 1. The molecule has 3 aromatic rings. The number of pyridine rings is 1. The number of anilines is 2. The molecule has 1 fully saturated rings. The van der Waals surface area contributed by atoms with E-state index in [4.69, 9.17) is 31.0 Å². The number of benzene rings is 1. The lowest BCUT2D eigenvalue weighted by molar-refractivity contribution is -0.124. The smallest absolute Gasteiger partial charge is 0.318 e. The minimum atomic E-state index is -0.228. The number of nitrogens with zero attached hydrogens (tertiary/aromatic N) is 7. The monoisotopic (exact) mass is 571 g/mol. The average Bonchev–Trinajstić information content (AvgIpc) is 3.83. The summed E-state index contributed by atoms with van der Waals surface area (Å²) in [6, 6.07) is 8.26. The fourth-order valence-electron chi connectivity index (χ4n) is 5.31. The van der Waals surface area contributed by atoms with Gasteiger partial charge in [0.15, 0.2) is 0 Å². The van der Waals surface area contributed by atoms with Crippen LogP contribution < -0.4 is 14.5 Å². The van der Waals surface area contributed by atoms with Gasteiger partial charge in [-0.15, -0.1) is 0 Å². The van der Waals surface area contributed by atoms with Gasteiger partial charge in [-0.3, -0.25) is 9.78 Å².